The maximum absolute atomic E-state index is 11.5. The van der Waals surface area contributed by atoms with Crippen molar-refractivity contribution in [1.82, 2.24) is 9.78 Å². The van der Waals surface area contributed by atoms with E-state index >= 15 is 0 Å². The number of benzene rings is 1. The van der Waals surface area contributed by atoms with Crippen LogP contribution in [0.4, 0.5) is 0 Å². The van der Waals surface area contributed by atoms with Crippen molar-refractivity contribution in [3.8, 4) is 17.0 Å². The normalized spacial score (nSPS) is 15.3. The summed E-state index contributed by atoms with van der Waals surface area (Å²) < 4.78 is 7.03. The lowest BCUT2D eigenvalue weighted by Crippen LogP contribution is -2.05. The number of aromatic carboxylic acids is 1. The van der Waals surface area contributed by atoms with Gasteiger partial charge in [-0.15, -0.1) is 0 Å². The fourth-order valence-corrected chi connectivity index (χ4v) is 2.89. The Morgan fingerprint density at radius 1 is 1.38 bits per heavy atom. The Hall–Kier alpha value is -2.30. The van der Waals surface area contributed by atoms with Gasteiger partial charge in [0.25, 0.3) is 0 Å². The molecule has 0 unspecified atom stereocenters. The molecule has 0 saturated heterocycles. The number of rotatable bonds is 4. The minimum absolute atomic E-state index is 0.246. The zero-order chi connectivity index (χ0) is 14.8. The molecule has 1 saturated carbocycles. The molecule has 1 aromatic heterocycles. The molecule has 0 bridgehead atoms. The van der Waals surface area contributed by atoms with Crippen LogP contribution in [-0.4, -0.2) is 28.0 Å². The summed E-state index contributed by atoms with van der Waals surface area (Å²) in [6, 6.07) is 7.67. The number of ether oxygens (including phenoxy) is 1. The third-order valence-electron chi connectivity index (χ3n) is 4.00. The second kappa shape index (κ2) is 5.60. The molecule has 1 aliphatic rings. The van der Waals surface area contributed by atoms with Crippen LogP contribution in [0.3, 0.4) is 0 Å². The fourth-order valence-electron chi connectivity index (χ4n) is 2.89. The largest absolute Gasteiger partial charge is 0.497 e. The highest BCUT2D eigenvalue weighted by molar-refractivity contribution is 5.94. The summed E-state index contributed by atoms with van der Waals surface area (Å²) in [5, 5.41) is 14.0. The van der Waals surface area contributed by atoms with Crippen molar-refractivity contribution < 1.29 is 14.6 Å². The predicted molar refractivity (Wildman–Crippen MR) is 78.7 cm³/mol. The van der Waals surface area contributed by atoms with Gasteiger partial charge in [0.05, 0.1) is 13.2 Å². The van der Waals surface area contributed by atoms with E-state index in [4.69, 9.17) is 4.74 Å². The lowest BCUT2D eigenvalue weighted by Gasteiger charge is -2.08. The van der Waals surface area contributed by atoms with E-state index in [1.54, 1.807) is 13.3 Å². The molecular formula is C16H18N2O3. The van der Waals surface area contributed by atoms with E-state index in [2.05, 4.69) is 5.10 Å². The third-order valence-corrected chi connectivity index (χ3v) is 4.00. The standard InChI is InChI=1S/C16H18N2O3/c1-21-13-8-4-5-11(9-13)15-14(16(19)20)10-18(17-15)12-6-2-3-7-12/h4-5,8-10,12H,2-3,6-7H2,1H3,(H,19,20). The average molecular weight is 286 g/mol. The summed E-state index contributed by atoms with van der Waals surface area (Å²) in [4.78, 5) is 11.5. The first-order valence-electron chi connectivity index (χ1n) is 7.16. The molecule has 2 aromatic rings. The van der Waals surface area contributed by atoms with Crippen LogP contribution in [0.1, 0.15) is 42.1 Å². The van der Waals surface area contributed by atoms with Gasteiger partial charge in [-0.1, -0.05) is 25.0 Å². The SMILES string of the molecule is COc1cccc(-c2nn(C3CCCC3)cc2C(=O)O)c1. The van der Waals surface area contributed by atoms with Crippen LogP contribution in [0.15, 0.2) is 30.5 Å². The molecule has 110 valence electrons. The first kappa shape index (κ1) is 13.7. The van der Waals surface area contributed by atoms with Crippen LogP contribution in [0, 0.1) is 0 Å². The summed E-state index contributed by atoms with van der Waals surface area (Å²) in [5.74, 6) is -0.253. The van der Waals surface area contributed by atoms with Gasteiger partial charge in [0.2, 0.25) is 0 Å². The minimum atomic E-state index is -0.947. The van der Waals surface area contributed by atoms with Crippen LogP contribution in [0.2, 0.25) is 0 Å². The number of aromatic nitrogens is 2. The summed E-state index contributed by atoms with van der Waals surface area (Å²) in [7, 11) is 1.59. The Labute approximate surface area is 123 Å². The fraction of sp³-hybridized carbons (Fsp3) is 0.375. The van der Waals surface area contributed by atoms with Crippen LogP contribution < -0.4 is 4.74 Å². The number of hydrogen-bond acceptors (Lipinski definition) is 3. The van der Waals surface area contributed by atoms with Gasteiger partial charge in [-0.05, 0) is 25.0 Å². The topological polar surface area (TPSA) is 64.4 Å². The number of carbonyl (C=O) groups is 1. The summed E-state index contributed by atoms with van der Waals surface area (Å²) >= 11 is 0. The summed E-state index contributed by atoms with van der Waals surface area (Å²) in [5.41, 5.74) is 1.52. The lowest BCUT2D eigenvalue weighted by molar-refractivity contribution is 0.0697. The van der Waals surface area contributed by atoms with Crippen LogP contribution in [0.5, 0.6) is 5.75 Å². The molecule has 0 atom stereocenters. The number of methoxy groups -OCH3 is 1. The van der Waals surface area contributed by atoms with Crippen LogP contribution in [0.25, 0.3) is 11.3 Å². The summed E-state index contributed by atoms with van der Waals surface area (Å²) in [6.45, 7) is 0. The van der Waals surface area contributed by atoms with Gasteiger partial charge in [0, 0.05) is 11.8 Å². The molecule has 1 fully saturated rings. The van der Waals surface area contributed by atoms with Crippen molar-refractivity contribution in [3.05, 3.63) is 36.0 Å². The average Bonchev–Trinajstić information content (AvgIpc) is 3.16. The highest BCUT2D eigenvalue weighted by Gasteiger charge is 2.23. The van der Waals surface area contributed by atoms with Crippen molar-refractivity contribution in [2.24, 2.45) is 0 Å². The lowest BCUT2D eigenvalue weighted by atomic mass is 10.1. The van der Waals surface area contributed by atoms with Crippen molar-refractivity contribution in [2.75, 3.05) is 7.11 Å². The predicted octanol–water partition coefficient (Wildman–Crippen LogP) is 3.37. The Morgan fingerprint density at radius 3 is 2.81 bits per heavy atom. The van der Waals surface area contributed by atoms with E-state index in [0.29, 0.717) is 17.5 Å². The molecule has 0 radical (unpaired) electrons. The Morgan fingerprint density at radius 2 is 2.14 bits per heavy atom. The molecule has 0 aliphatic heterocycles. The Bertz CT molecular complexity index is 657. The van der Waals surface area contributed by atoms with Crippen molar-refractivity contribution in [3.63, 3.8) is 0 Å². The quantitative estimate of drug-likeness (QED) is 0.936. The monoisotopic (exact) mass is 286 g/mol. The van der Waals surface area contributed by atoms with Gasteiger partial charge in [-0.25, -0.2) is 4.79 Å². The highest BCUT2D eigenvalue weighted by atomic mass is 16.5. The molecule has 5 heteroatoms. The van der Waals surface area contributed by atoms with E-state index < -0.39 is 5.97 Å². The second-order valence-corrected chi connectivity index (χ2v) is 5.35. The van der Waals surface area contributed by atoms with Gasteiger partial charge in [0.1, 0.15) is 17.0 Å². The molecule has 1 N–H and O–H groups in total. The minimum Gasteiger partial charge on any atom is -0.497 e. The van der Waals surface area contributed by atoms with E-state index in [9.17, 15) is 9.90 Å². The molecular weight excluding hydrogens is 268 g/mol. The molecule has 1 aliphatic carbocycles. The van der Waals surface area contributed by atoms with Crippen molar-refractivity contribution >= 4 is 5.97 Å². The van der Waals surface area contributed by atoms with Crippen molar-refractivity contribution in [1.29, 1.82) is 0 Å². The van der Waals surface area contributed by atoms with E-state index in [1.165, 1.54) is 12.8 Å². The molecule has 5 nitrogen and oxygen atoms in total. The zero-order valence-electron chi connectivity index (χ0n) is 12.0. The summed E-state index contributed by atoms with van der Waals surface area (Å²) in [6.07, 6.45) is 6.16. The van der Waals surface area contributed by atoms with Crippen LogP contribution in [-0.2, 0) is 0 Å². The first-order chi connectivity index (χ1) is 10.2. The van der Waals surface area contributed by atoms with Gasteiger partial charge in [-0.3, -0.25) is 4.68 Å². The molecule has 0 spiro atoms. The van der Waals surface area contributed by atoms with Gasteiger partial charge in [0.15, 0.2) is 0 Å². The highest BCUT2D eigenvalue weighted by Crippen LogP contribution is 2.32. The third kappa shape index (κ3) is 2.63. The number of carboxylic acid groups (broad SMARTS) is 1. The van der Waals surface area contributed by atoms with Gasteiger partial charge < -0.3 is 9.84 Å². The molecule has 3 rings (SSSR count). The van der Waals surface area contributed by atoms with E-state index in [1.807, 2.05) is 28.9 Å². The molecule has 1 aromatic carbocycles. The van der Waals surface area contributed by atoms with E-state index in [-0.39, 0.29) is 5.56 Å². The maximum Gasteiger partial charge on any atom is 0.339 e. The Kier molecular flexibility index (Phi) is 3.64. The zero-order valence-corrected chi connectivity index (χ0v) is 12.0. The Balaban J connectivity index is 2.04. The molecule has 21 heavy (non-hydrogen) atoms. The van der Waals surface area contributed by atoms with E-state index in [0.717, 1.165) is 18.4 Å². The number of carboxylic acids is 1. The number of nitrogens with zero attached hydrogens (tertiary/aromatic N) is 2. The second-order valence-electron chi connectivity index (χ2n) is 5.35. The van der Waals surface area contributed by atoms with Crippen molar-refractivity contribution in [2.45, 2.75) is 31.7 Å². The van der Waals surface area contributed by atoms with Crippen LogP contribution >= 0.6 is 0 Å². The van der Waals surface area contributed by atoms with Gasteiger partial charge in [-0.2, -0.15) is 5.10 Å². The number of hydrogen-bond donors (Lipinski definition) is 1. The molecule has 1 heterocycles. The molecule has 0 amide bonds. The smallest absolute Gasteiger partial charge is 0.339 e. The maximum atomic E-state index is 11.5. The van der Waals surface area contributed by atoms with Gasteiger partial charge >= 0.3 is 5.97 Å². The first-order valence-corrected chi connectivity index (χ1v) is 7.16.